The number of hydrogen-bond acceptors (Lipinski definition) is 4. The number of ketones is 1. The molecule has 0 amide bonds. The van der Waals surface area contributed by atoms with E-state index >= 15 is 0 Å². The van der Waals surface area contributed by atoms with Crippen molar-refractivity contribution < 1.29 is 4.79 Å². The number of para-hydroxylation sites is 1. The molecule has 1 aromatic carbocycles. The SMILES string of the molecule is CN1CCSCC1C(=O)Cc1nn(C)c2ccccc12. The van der Waals surface area contributed by atoms with Crippen LogP contribution in [0.25, 0.3) is 10.9 Å². The fourth-order valence-corrected chi connectivity index (χ4v) is 3.97. The first-order valence-electron chi connectivity index (χ1n) is 6.88. The zero-order valence-electron chi connectivity index (χ0n) is 11.9. The highest BCUT2D eigenvalue weighted by molar-refractivity contribution is 7.99. The van der Waals surface area contributed by atoms with Crippen molar-refractivity contribution in [2.24, 2.45) is 7.05 Å². The molecule has 20 heavy (non-hydrogen) atoms. The molecule has 4 nitrogen and oxygen atoms in total. The Balaban J connectivity index is 1.84. The van der Waals surface area contributed by atoms with Crippen molar-refractivity contribution >= 4 is 28.4 Å². The standard InChI is InChI=1S/C15H19N3OS/c1-17-7-8-20-10-14(17)15(19)9-12-11-5-3-4-6-13(11)18(2)16-12/h3-6,14H,7-10H2,1-2H3. The van der Waals surface area contributed by atoms with Gasteiger partial charge in [0.25, 0.3) is 0 Å². The molecule has 106 valence electrons. The fraction of sp³-hybridized carbons (Fsp3) is 0.467. The van der Waals surface area contributed by atoms with E-state index < -0.39 is 0 Å². The Kier molecular flexibility index (Phi) is 3.81. The first-order valence-corrected chi connectivity index (χ1v) is 8.03. The second-order valence-electron chi connectivity index (χ2n) is 5.30. The third-order valence-corrected chi connectivity index (χ3v) is 4.97. The van der Waals surface area contributed by atoms with Crippen LogP contribution in [0.1, 0.15) is 5.69 Å². The molecule has 2 aromatic rings. The summed E-state index contributed by atoms with van der Waals surface area (Å²) in [6.45, 7) is 0.990. The minimum absolute atomic E-state index is 0.0366. The Morgan fingerprint density at radius 1 is 1.40 bits per heavy atom. The van der Waals surface area contributed by atoms with Gasteiger partial charge in [0, 0.05) is 30.5 Å². The quantitative estimate of drug-likeness (QED) is 0.862. The maximum absolute atomic E-state index is 12.5. The monoisotopic (exact) mass is 289 g/mol. The number of likely N-dealkylation sites (N-methyl/N-ethyl adjacent to an activating group) is 1. The molecule has 1 fully saturated rings. The van der Waals surface area contributed by atoms with Crippen LogP contribution in [-0.2, 0) is 18.3 Å². The van der Waals surface area contributed by atoms with Gasteiger partial charge in [0.15, 0.2) is 5.78 Å². The number of carbonyl (C=O) groups excluding carboxylic acids is 1. The number of aromatic nitrogens is 2. The van der Waals surface area contributed by atoms with Crippen molar-refractivity contribution in [2.45, 2.75) is 12.5 Å². The van der Waals surface area contributed by atoms with Crippen molar-refractivity contribution in [3.8, 4) is 0 Å². The summed E-state index contributed by atoms with van der Waals surface area (Å²) in [4.78, 5) is 14.7. The highest BCUT2D eigenvalue weighted by Crippen LogP contribution is 2.21. The van der Waals surface area contributed by atoms with E-state index in [1.807, 2.05) is 54.8 Å². The van der Waals surface area contributed by atoms with Gasteiger partial charge in [-0.05, 0) is 13.1 Å². The number of Topliss-reactive ketones (excluding diaryl/α,β-unsaturated/α-hetero) is 1. The molecule has 1 aliphatic rings. The van der Waals surface area contributed by atoms with Crippen molar-refractivity contribution in [2.75, 3.05) is 25.1 Å². The lowest BCUT2D eigenvalue weighted by Crippen LogP contribution is -2.45. The maximum Gasteiger partial charge on any atom is 0.156 e. The molecule has 0 spiro atoms. The van der Waals surface area contributed by atoms with Gasteiger partial charge in [0.1, 0.15) is 0 Å². The van der Waals surface area contributed by atoms with E-state index in [1.165, 1.54) is 0 Å². The van der Waals surface area contributed by atoms with Crippen molar-refractivity contribution in [1.29, 1.82) is 0 Å². The molecule has 0 aliphatic carbocycles. The molecule has 5 heteroatoms. The van der Waals surface area contributed by atoms with Gasteiger partial charge in [-0.3, -0.25) is 14.4 Å². The molecular formula is C15H19N3OS. The van der Waals surface area contributed by atoms with Gasteiger partial charge < -0.3 is 0 Å². The predicted molar refractivity (Wildman–Crippen MR) is 83.2 cm³/mol. The summed E-state index contributed by atoms with van der Waals surface area (Å²) in [5.74, 6) is 2.30. The van der Waals surface area contributed by atoms with Gasteiger partial charge in [-0.15, -0.1) is 0 Å². The molecular weight excluding hydrogens is 270 g/mol. The van der Waals surface area contributed by atoms with Crippen molar-refractivity contribution in [1.82, 2.24) is 14.7 Å². The maximum atomic E-state index is 12.5. The second kappa shape index (κ2) is 5.58. The van der Waals surface area contributed by atoms with Gasteiger partial charge in [-0.25, -0.2) is 0 Å². The lowest BCUT2D eigenvalue weighted by atomic mass is 10.1. The van der Waals surface area contributed by atoms with Crippen molar-refractivity contribution in [3.05, 3.63) is 30.0 Å². The summed E-state index contributed by atoms with van der Waals surface area (Å²) in [7, 11) is 3.97. The number of nitrogens with zero attached hydrogens (tertiary/aromatic N) is 3. The number of benzene rings is 1. The molecule has 0 saturated carbocycles. The minimum atomic E-state index is 0.0366. The molecule has 1 unspecified atom stereocenters. The van der Waals surface area contributed by atoms with E-state index in [2.05, 4.69) is 10.00 Å². The number of aryl methyl sites for hydroxylation is 1. The molecule has 0 N–H and O–H groups in total. The van der Waals surface area contributed by atoms with E-state index in [-0.39, 0.29) is 11.8 Å². The van der Waals surface area contributed by atoms with Gasteiger partial charge in [-0.2, -0.15) is 16.9 Å². The van der Waals surface area contributed by atoms with E-state index in [0.717, 1.165) is 34.6 Å². The highest BCUT2D eigenvalue weighted by atomic mass is 32.2. The topological polar surface area (TPSA) is 38.1 Å². The third-order valence-electron chi connectivity index (χ3n) is 3.94. The van der Waals surface area contributed by atoms with E-state index in [4.69, 9.17) is 0 Å². The number of hydrogen-bond donors (Lipinski definition) is 0. The molecule has 1 aliphatic heterocycles. The second-order valence-corrected chi connectivity index (χ2v) is 6.45. The number of thioether (sulfide) groups is 1. The lowest BCUT2D eigenvalue weighted by Gasteiger charge is -2.30. The first kappa shape index (κ1) is 13.6. The lowest BCUT2D eigenvalue weighted by molar-refractivity contribution is -0.122. The molecule has 2 heterocycles. The Hall–Kier alpha value is -1.33. The van der Waals surface area contributed by atoms with Gasteiger partial charge >= 0.3 is 0 Å². The van der Waals surface area contributed by atoms with Crippen LogP contribution in [-0.4, -0.2) is 51.6 Å². The fourth-order valence-electron chi connectivity index (χ4n) is 2.73. The summed E-state index contributed by atoms with van der Waals surface area (Å²) < 4.78 is 1.86. The van der Waals surface area contributed by atoms with Crippen LogP contribution >= 0.6 is 11.8 Å². The molecule has 0 radical (unpaired) electrons. The summed E-state index contributed by atoms with van der Waals surface area (Å²) in [5, 5.41) is 5.61. The first-order chi connectivity index (χ1) is 9.66. The number of rotatable bonds is 3. The average molecular weight is 289 g/mol. The zero-order chi connectivity index (χ0) is 14.1. The van der Waals surface area contributed by atoms with Gasteiger partial charge in [-0.1, -0.05) is 18.2 Å². The van der Waals surface area contributed by atoms with Crippen LogP contribution in [0.15, 0.2) is 24.3 Å². The van der Waals surface area contributed by atoms with Crippen LogP contribution < -0.4 is 0 Å². The number of carbonyl (C=O) groups is 1. The molecule has 1 saturated heterocycles. The molecule has 1 aromatic heterocycles. The Labute approximate surface area is 123 Å². The minimum Gasteiger partial charge on any atom is -0.297 e. The van der Waals surface area contributed by atoms with Crippen LogP contribution in [0.3, 0.4) is 0 Å². The van der Waals surface area contributed by atoms with Gasteiger partial charge in [0.2, 0.25) is 0 Å². The third kappa shape index (κ3) is 2.47. The average Bonchev–Trinajstić information content (AvgIpc) is 2.76. The Morgan fingerprint density at radius 3 is 3.00 bits per heavy atom. The molecule has 3 rings (SSSR count). The van der Waals surface area contributed by atoms with E-state index in [9.17, 15) is 4.79 Å². The van der Waals surface area contributed by atoms with E-state index in [1.54, 1.807) is 0 Å². The van der Waals surface area contributed by atoms with Crippen LogP contribution in [0.5, 0.6) is 0 Å². The predicted octanol–water partition coefficient (Wildman–Crippen LogP) is 1.73. The normalized spacial score (nSPS) is 20.4. The Morgan fingerprint density at radius 2 is 2.20 bits per heavy atom. The molecule has 0 bridgehead atoms. The summed E-state index contributed by atoms with van der Waals surface area (Å²) >= 11 is 1.87. The van der Waals surface area contributed by atoms with Crippen LogP contribution in [0, 0.1) is 0 Å². The van der Waals surface area contributed by atoms with Crippen LogP contribution in [0.4, 0.5) is 0 Å². The summed E-state index contributed by atoms with van der Waals surface area (Å²) in [6, 6.07) is 8.12. The van der Waals surface area contributed by atoms with Crippen LogP contribution in [0.2, 0.25) is 0 Å². The zero-order valence-corrected chi connectivity index (χ0v) is 12.7. The summed E-state index contributed by atoms with van der Waals surface area (Å²) in [5.41, 5.74) is 1.98. The number of fused-ring (bicyclic) bond motifs is 1. The van der Waals surface area contributed by atoms with E-state index in [0.29, 0.717) is 6.42 Å². The Bertz CT molecular complexity index is 637. The van der Waals surface area contributed by atoms with Crippen molar-refractivity contribution in [3.63, 3.8) is 0 Å². The smallest absolute Gasteiger partial charge is 0.156 e. The summed E-state index contributed by atoms with van der Waals surface area (Å²) in [6.07, 6.45) is 0.428. The highest BCUT2D eigenvalue weighted by Gasteiger charge is 2.27. The largest absolute Gasteiger partial charge is 0.297 e. The molecule has 1 atom stereocenters. The van der Waals surface area contributed by atoms with Gasteiger partial charge in [0.05, 0.1) is 23.7 Å².